The van der Waals surface area contributed by atoms with Gasteiger partial charge in [0.1, 0.15) is 0 Å². The van der Waals surface area contributed by atoms with Crippen molar-refractivity contribution in [1.82, 2.24) is 5.32 Å². The van der Waals surface area contributed by atoms with Crippen LogP contribution in [0, 0.1) is 25.7 Å². The second-order valence-electron chi connectivity index (χ2n) is 7.01. The largest absolute Gasteiger partial charge is 0.374 e. The SMILES string of the molecule is CCNC1CCC(C)CC1CN(C)c1ccc(C)cc1C. The molecule has 21 heavy (non-hydrogen) atoms. The highest BCUT2D eigenvalue weighted by atomic mass is 15.1. The maximum absolute atomic E-state index is 3.71. The van der Waals surface area contributed by atoms with Gasteiger partial charge in [0.15, 0.2) is 0 Å². The van der Waals surface area contributed by atoms with Crippen molar-refractivity contribution in [2.75, 3.05) is 25.0 Å². The zero-order valence-electron chi connectivity index (χ0n) is 14.4. The highest BCUT2D eigenvalue weighted by Gasteiger charge is 2.29. The topological polar surface area (TPSA) is 15.3 Å². The molecule has 0 amide bonds. The van der Waals surface area contributed by atoms with Gasteiger partial charge in [0.05, 0.1) is 0 Å². The zero-order chi connectivity index (χ0) is 15.4. The van der Waals surface area contributed by atoms with Crippen molar-refractivity contribution >= 4 is 5.69 Å². The second-order valence-corrected chi connectivity index (χ2v) is 7.01. The van der Waals surface area contributed by atoms with E-state index in [9.17, 15) is 0 Å². The summed E-state index contributed by atoms with van der Waals surface area (Å²) in [6.07, 6.45) is 4.06. The average Bonchev–Trinajstić information content (AvgIpc) is 2.41. The molecule has 0 aromatic heterocycles. The molecule has 2 rings (SSSR count). The summed E-state index contributed by atoms with van der Waals surface area (Å²) >= 11 is 0. The molecule has 1 aliphatic rings. The molecular weight excluding hydrogens is 256 g/mol. The van der Waals surface area contributed by atoms with E-state index in [4.69, 9.17) is 0 Å². The maximum Gasteiger partial charge on any atom is 0.0393 e. The summed E-state index contributed by atoms with van der Waals surface area (Å²) in [7, 11) is 2.25. The zero-order valence-corrected chi connectivity index (χ0v) is 14.4. The third-order valence-electron chi connectivity index (χ3n) is 4.98. The first-order valence-corrected chi connectivity index (χ1v) is 8.53. The lowest BCUT2D eigenvalue weighted by atomic mass is 9.78. The Balaban J connectivity index is 2.06. The third-order valence-corrected chi connectivity index (χ3v) is 4.98. The van der Waals surface area contributed by atoms with E-state index in [1.807, 2.05) is 0 Å². The normalized spacial score (nSPS) is 25.9. The van der Waals surface area contributed by atoms with E-state index in [1.165, 1.54) is 36.1 Å². The Morgan fingerprint density at radius 2 is 2.00 bits per heavy atom. The van der Waals surface area contributed by atoms with Crippen molar-refractivity contribution < 1.29 is 0 Å². The molecule has 2 nitrogen and oxygen atoms in total. The van der Waals surface area contributed by atoms with E-state index >= 15 is 0 Å². The molecule has 1 saturated carbocycles. The first-order valence-electron chi connectivity index (χ1n) is 8.53. The minimum absolute atomic E-state index is 0.694. The highest BCUT2D eigenvalue weighted by molar-refractivity contribution is 5.53. The number of nitrogens with zero attached hydrogens (tertiary/aromatic N) is 1. The van der Waals surface area contributed by atoms with Crippen LogP contribution in [-0.2, 0) is 0 Å². The van der Waals surface area contributed by atoms with Crippen LogP contribution in [0.1, 0.15) is 44.2 Å². The Labute approximate surface area is 130 Å². The van der Waals surface area contributed by atoms with Gasteiger partial charge in [0, 0.05) is 25.3 Å². The third kappa shape index (κ3) is 4.23. The number of aryl methyl sites for hydroxylation is 2. The van der Waals surface area contributed by atoms with Crippen molar-refractivity contribution in [1.29, 1.82) is 0 Å². The van der Waals surface area contributed by atoms with Crippen LogP contribution in [0.4, 0.5) is 5.69 Å². The van der Waals surface area contributed by atoms with Gasteiger partial charge in [0.2, 0.25) is 0 Å². The lowest BCUT2D eigenvalue weighted by molar-refractivity contribution is 0.219. The Morgan fingerprint density at radius 3 is 2.67 bits per heavy atom. The van der Waals surface area contributed by atoms with E-state index in [-0.39, 0.29) is 0 Å². The maximum atomic E-state index is 3.71. The summed E-state index contributed by atoms with van der Waals surface area (Å²) in [6, 6.07) is 7.49. The minimum atomic E-state index is 0.694. The van der Waals surface area contributed by atoms with Gasteiger partial charge < -0.3 is 10.2 Å². The van der Waals surface area contributed by atoms with Crippen LogP contribution in [0.15, 0.2) is 18.2 Å². The standard InChI is InChI=1S/C19H32N2/c1-6-20-18-9-7-15(3)12-17(18)13-21(5)19-10-8-14(2)11-16(19)4/h8,10-11,15,17-18,20H,6-7,9,12-13H2,1-5H3. The van der Waals surface area contributed by atoms with Crippen molar-refractivity contribution in [3.05, 3.63) is 29.3 Å². The number of rotatable bonds is 5. The first-order chi connectivity index (χ1) is 10.0. The van der Waals surface area contributed by atoms with E-state index in [2.05, 4.69) is 63.2 Å². The van der Waals surface area contributed by atoms with E-state index < -0.39 is 0 Å². The Kier molecular flexibility index (Phi) is 5.69. The molecule has 1 aromatic carbocycles. The molecule has 0 saturated heterocycles. The van der Waals surface area contributed by atoms with Gasteiger partial charge in [-0.1, -0.05) is 31.5 Å². The van der Waals surface area contributed by atoms with Crippen molar-refractivity contribution in [2.45, 2.75) is 53.0 Å². The highest BCUT2D eigenvalue weighted by Crippen LogP contribution is 2.31. The second kappa shape index (κ2) is 7.31. The lowest BCUT2D eigenvalue weighted by Gasteiger charge is -2.38. The van der Waals surface area contributed by atoms with Crippen molar-refractivity contribution in [3.63, 3.8) is 0 Å². The van der Waals surface area contributed by atoms with E-state index in [1.54, 1.807) is 0 Å². The summed E-state index contributed by atoms with van der Waals surface area (Å²) in [5.74, 6) is 1.64. The molecule has 0 aliphatic heterocycles. The fourth-order valence-electron chi connectivity index (χ4n) is 3.92. The van der Waals surface area contributed by atoms with Gasteiger partial charge in [-0.3, -0.25) is 0 Å². The van der Waals surface area contributed by atoms with Gasteiger partial charge >= 0.3 is 0 Å². The average molecular weight is 288 g/mol. The lowest BCUT2D eigenvalue weighted by Crippen LogP contribution is -2.45. The monoisotopic (exact) mass is 288 g/mol. The fourth-order valence-corrected chi connectivity index (χ4v) is 3.92. The van der Waals surface area contributed by atoms with Crippen LogP contribution >= 0.6 is 0 Å². The van der Waals surface area contributed by atoms with Crippen LogP contribution in [0.25, 0.3) is 0 Å². The van der Waals surface area contributed by atoms with Gasteiger partial charge in [-0.15, -0.1) is 0 Å². The van der Waals surface area contributed by atoms with Crippen LogP contribution in [0.2, 0.25) is 0 Å². The molecule has 1 aliphatic carbocycles. The van der Waals surface area contributed by atoms with Gasteiger partial charge in [-0.25, -0.2) is 0 Å². The molecule has 118 valence electrons. The molecule has 1 fully saturated rings. The number of hydrogen-bond donors (Lipinski definition) is 1. The Morgan fingerprint density at radius 1 is 1.24 bits per heavy atom. The number of anilines is 1. The Hall–Kier alpha value is -1.02. The predicted octanol–water partition coefficient (Wildman–Crippen LogP) is 4.15. The summed E-state index contributed by atoms with van der Waals surface area (Å²) in [6.45, 7) is 11.3. The van der Waals surface area contributed by atoms with Gasteiger partial charge in [-0.2, -0.15) is 0 Å². The number of nitrogens with one attached hydrogen (secondary N) is 1. The smallest absolute Gasteiger partial charge is 0.0393 e. The van der Waals surface area contributed by atoms with E-state index in [0.717, 1.165) is 24.9 Å². The molecule has 0 heterocycles. The number of hydrogen-bond acceptors (Lipinski definition) is 2. The Bertz CT molecular complexity index is 455. The molecule has 0 bridgehead atoms. The first kappa shape index (κ1) is 16.4. The molecule has 1 aromatic rings. The van der Waals surface area contributed by atoms with Crippen LogP contribution in [-0.4, -0.2) is 26.2 Å². The van der Waals surface area contributed by atoms with Crippen molar-refractivity contribution in [2.24, 2.45) is 11.8 Å². The summed E-state index contributed by atoms with van der Waals surface area (Å²) in [4.78, 5) is 2.46. The minimum Gasteiger partial charge on any atom is -0.374 e. The summed E-state index contributed by atoms with van der Waals surface area (Å²) < 4.78 is 0. The predicted molar refractivity (Wildman–Crippen MR) is 93.2 cm³/mol. The molecule has 2 heteroatoms. The van der Waals surface area contributed by atoms with Crippen molar-refractivity contribution in [3.8, 4) is 0 Å². The molecule has 0 spiro atoms. The van der Waals surface area contributed by atoms with Crippen LogP contribution in [0.5, 0.6) is 0 Å². The molecule has 3 unspecified atom stereocenters. The quantitative estimate of drug-likeness (QED) is 0.875. The molecule has 0 radical (unpaired) electrons. The summed E-state index contributed by atoms with van der Waals surface area (Å²) in [5.41, 5.74) is 4.12. The van der Waals surface area contributed by atoms with Gasteiger partial charge in [0.25, 0.3) is 0 Å². The molecular formula is C19H32N2. The molecule has 3 atom stereocenters. The van der Waals surface area contributed by atoms with E-state index in [0.29, 0.717) is 6.04 Å². The van der Waals surface area contributed by atoms with Crippen LogP contribution < -0.4 is 10.2 Å². The summed E-state index contributed by atoms with van der Waals surface area (Å²) in [5, 5.41) is 3.71. The van der Waals surface area contributed by atoms with Gasteiger partial charge in [-0.05, 0) is 63.1 Å². The van der Waals surface area contributed by atoms with Crippen LogP contribution in [0.3, 0.4) is 0 Å². The number of benzene rings is 1. The fraction of sp³-hybridized carbons (Fsp3) is 0.684. The molecule has 1 N–H and O–H groups in total.